The number of carbonyl (C=O) groups excluding carboxylic acids is 2. The number of nitrogens with zero attached hydrogens (tertiary/aromatic N) is 2. The molecule has 0 aliphatic heterocycles. The molecule has 2 aromatic carbocycles. The number of hydrogen-bond donors (Lipinski definition) is 3. The Morgan fingerprint density at radius 3 is 2.43 bits per heavy atom. The van der Waals surface area contributed by atoms with Crippen molar-refractivity contribution in [3.63, 3.8) is 0 Å². The largest absolute Gasteiger partial charge is 0.325 e. The molecule has 0 aliphatic carbocycles. The van der Waals surface area contributed by atoms with Crippen LogP contribution in [0.5, 0.6) is 0 Å². The molecule has 0 spiro atoms. The summed E-state index contributed by atoms with van der Waals surface area (Å²) in [7, 11) is 0. The highest BCUT2D eigenvalue weighted by atomic mass is 32.2. The summed E-state index contributed by atoms with van der Waals surface area (Å²) in [5.41, 5.74) is 2.11. The first-order chi connectivity index (χ1) is 14.3. The zero-order chi connectivity index (χ0) is 21.7. The molecule has 30 heavy (non-hydrogen) atoms. The van der Waals surface area contributed by atoms with E-state index in [1.807, 2.05) is 31.2 Å². The van der Waals surface area contributed by atoms with Gasteiger partial charge in [-0.15, -0.1) is 10.2 Å². The van der Waals surface area contributed by atoms with Gasteiger partial charge < -0.3 is 10.6 Å². The van der Waals surface area contributed by atoms with Crippen LogP contribution in [0.25, 0.3) is 11.3 Å². The Balaban J connectivity index is 1.79. The van der Waals surface area contributed by atoms with E-state index in [-0.39, 0.29) is 22.7 Å². The molecule has 1 heterocycles. The SMILES string of the molecule is CC(=O)Nc1c(C)cccc1-c1nnc(S[C@H](C)C(=O)Nc2ccccc2)[nH]c1=O. The van der Waals surface area contributed by atoms with Crippen LogP contribution >= 0.6 is 11.8 Å². The van der Waals surface area contributed by atoms with Gasteiger partial charge in [-0.1, -0.05) is 48.2 Å². The Hall–Kier alpha value is -3.46. The number of H-pyrrole nitrogens is 1. The minimum atomic E-state index is -0.505. The van der Waals surface area contributed by atoms with Crippen molar-refractivity contribution in [3.05, 3.63) is 64.4 Å². The number of aromatic nitrogens is 3. The Kier molecular flexibility index (Phi) is 6.63. The fraction of sp³-hybridized carbons (Fsp3) is 0.190. The van der Waals surface area contributed by atoms with Crippen LogP contribution in [0.3, 0.4) is 0 Å². The molecule has 0 saturated heterocycles. The van der Waals surface area contributed by atoms with E-state index in [9.17, 15) is 14.4 Å². The van der Waals surface area contributed by atoms with Crippen LogP contribution in [0.15, 0.2) is 58.5 Å². The molecule has 8 nitrogen and oxygen atoms in total. The summed E-state index contributed by atoms with van der Waals surface area (Å²) in [4.78, 5) is 39.2. The number of thioether (sulfide) groups is 1. The summed E-state index contributed by atoms with van der Waals surface area (Å²) in [5.74, 6) is -0.468. The molecule has 0 radical (unpaired) electrons. The number of anilines is 2. The molecule has 0 fully saturated rings. The first-order valence-electron chi connectivity index (χ1n) is 9.22. The fourth-order valence-electron chi connectivity index (χ4n) is 2.74. The van der Waals surface area contributed by atoms with Gasteiger partial charge in [-0.25, -0.2) is 0 Å². The van der Waals surface area contributed by atoms with E-state index in [0.717, 1.165) is 17.3 Å². The third-order valence-corrected chi connectivity index (χ3v) is 5.18. The van der Waals surface area contributed by atoms with Gasteiger partial charge in [0.15, 0.2) is 10.9 Å². The normalized spacial score (nSPS) is 11.6. The van der Waals surface area contributed by atoms with Crippen LogP contribution in [0.2, 0.25) is 0 Å². The molecule has 3 aromatic rings. The first-order valence-corrected chi connectivity index (χ1v) is 10.1. The zero-order valence-corrected chi connectivity index (χ0v) is 17.5. The zero-order valence-electron chi connectivity index (χ0n) is 16.7. The Morgan fingerprint density at radius 1 is 1.03 bits per heavy atom. The van der Waals surface area contributed by atoms with Crippen LogP contribution in [0, 0.1) is 6.92 Å². The minimum absolute atomic E-state index is 0.0909. The summed E-state index contributed by atoms with van der Waals surface area (Å²) in [5, 5.41) is 13.4. The lowest BCUT2D eigenvalue weighted by atomic mass is 10.1. The standard InChI is InChI=1S/C21H21N5O3S/c1-12-8-7-11-16(17(12)22-14(3)27)18-20(29)24-21(26-25-18)30-13(2)19(28)23-15-9-5-4-6-10-15/h4-11,13H,1-3H3,(H,22,27)(H,23,28)(H,24,26,29)/t13-/m1/s1. The molecule has 0 aliphatic rings. The number of rotatable bonds is 6. The average molecular weight is 423 g/mol. The number of carbonyl (C=O) groups is 2. The molecule has 0 saturated carbocycles. The lowest BCUT2D eigenvalue weighted by Crippen LogP contribution is -2.23. The van der Waals surface area contributed by atoms with E-state index < -0.39 is 10.8 Å². The highest BCUT2D eigenvalue weighted by Crippen LogP contribution is 2.28. The van der Waals surface area contributed by atoms with Gasteiger partial charge in [0.05, 0.1) is 10.9 Å². The summed E-state index contributed by atoms with van der Waals surface area (Å²) in [6.07, 6.45) is 0. The number of nitrogens with one attached hydrogen (secondary N) is 3. The summed E-state index contributed by atoms with van der Waals surface area (Å²) < 4.78 is 0. The second-order valence-electron chi connectivity index (χ2n) is 6.60. The topological polar surface area (TPSA) is 117 Å². The summed E-state index contributed by atoms with van der Waals surface area (Å²) >= 11 is 1.10. The second kappa shape index (κ2) is 9.36. The number of para-hydroxylation sites is 2. The fourth-order valence-corrected chi connectivity index (χ4v) is 3.49. The third-order valence-electron chi connectivity index (χ3n) is 4.20. The van der Waals surface area contributed by atoms with Gasteiger partial charge in [0.2, 0.25) is 11.8 Å². The average Bonchev–Trinajstić information content (AvgIpc) is 2.70. The van der Waals surface area contributed by atoms with Crippen molar-refractivity contribution >= 4 is 35.0 Å². The smallest absolute Gasteiger partial charge is 0.278 e. The van der Waals surface area contributed by atoms with Crippen molar-refractivity contribution in [2.75, 3.05) is 10.6 Å². The van der Waals surface area contributed by atoms with Crippen LogP contribution in [-0.2, 0) is 9.59 Å². The van der Waals surface area contributed by atoms with Crippen molar-refractivity contribution in [1.29, 1.82) is 0 Å². The maximum atomic E-state index is 12.6. The first kappa shape index (κ1) is 21.3. The summed E-state index contributed by atoms with van der Waals surface area (Å²) in [6, 6.07) is 14.4. The lowest BCUT2D eigenvalue weighted by molar-refractivity contribution is -0.115. The van der Waals surface area contributed by atoms with E-state index in [2.05, 4.69) is 25.8 Å². The Labute approximate surface area is 177 Å². The van der Waals surface area contributed by atoms with Crippen molar-refractivity contribution in [3.8, 4) is 11.3 Å². The monoisotopic (exact) mass is 423 g/mol. The van der Waals surface area contributed by atoms with Gasteiger partial charge in [0, 0.05) is 18.2 Å². The van der Waals surface area contributed by atoms with Crippen molar-refractivity contribution in [1.82, 2.24) is 15.2 Å². The van der Waals surface area contributed by atoms with E-state index in [0.29, 0.717) is 16.9 Å². The maximum Gasteiger partial charge on any atom is 0.278 e. The van der Waals surface area contributed by atoms with Crippen LogP contribution in [0.1, 0.15) is 19.4 Å². The minimum Gasteiger partial charge on any atom is -0.325 e. The summed E-state index contributed by atoms with van der Waals surface area (Å²) in [6.45, 7) is 4.94. The third kappa shape index (κ3) is 5.12. The lowest BCUT2D eigenvalue weighted by Gasteiger charge is -2.13. The number of amides is 2. The second-order valence-corrected chi connectivity index (χ2v) is 7.93. The Bertz CT molecular complexity index is 1130. The van der Waals surface area contributed by atoms with Crippen LogP contribution in [0.4, 0.5) is 11.4 Å². The molecule has 9 heteroatoms. The molecule has 3 N–H and O–H groups in total. The predicted octanol–water partition coefficient (Wildman–Crippen LogP) is 3.22. The van der Waals surface area contributed by atoms with Crippen molar-refractivity contribution in [2.24, 2.45) is 0 Å². The van der Waals surface area contributed by atoms with Gasteiger partial charge >= 0.3 is 0 Å². The van der Waals surface area contributed by atoms with Crippen LogP contribution in [-0.4, -0.2) is 32.2 Å². The quantitative estimate of drug-likeness (QED) is 0.524. The number of aromatic amines is 1. The molecular weight excluding hydrogens is 402 g/mol. The number of benzene rings is 2. The molecule has 3 rings (SSSR count). The van der Waals surface area contributed by atoms with Gasteiger partial charge in [0.25, 0.3) is 5.56 Å². The van der Waals surface area contributed by atoms with E-state index in [1.165, 1.54) is 6.92 Å². The van der Waals surface area contributed by atoms with Gasteiger partial charge in [-0.2, -0.15) is 0 Å². The van der Waals surface area contributed by atoms with Gasteiger partial charge in [-0.3, -0.25) is 19.4 Å². The maximum absolute atomic E-state index is 12.6. The molecule has 1 aromatic heterocycles. The number of aryl methyl sites for hydroxylation is 1. The number of hydrogen-bond acceptors (Lipinski definition) is 6. The molecule has 0 bridgehead atoms. The molecular formula is C21H21N5O3S. The molecule has 2 amide bonds. The highest BCUT2D eigenvalue weighted by Gasteiger charge is 2.19. The van der Waals surface area contributed by atoms with Gasteiger partial charge in [-0.05, 0) is 31.5 Å². The highest BCUT2D eigenvalue weighted by molar-refractivity contribution is 8.00. The van der Waals surface area contributed by atoms with E-state index in [4.69, 9.17) is 0 Å². The Morgan fingerprint density at radius 2 is 1.77 bits per heavy atom. The van der Waals surface area contributed by atoms with Crippen molar-refractivity contribution in [2.45, 2.75) is 31.2 Å². The molecule has 1 atom stereocenters. The van der Waals surface area contributed by atoms with E-state index in [1.54, 1.807) is 31.2 Å². The predicted molar refractivity (Wildman–Crippen MR) is 118 cm³/mol. The van der Waals surface area contributed by atoms with E-state index >= 15 is 0 Å². The molecule has 0 unspecified atom stereocenters. The van der Waals surface area contributed by atoms with Gasteiger partial charge in [0.1, 0.15) is 0 Å². The van der Waals surface area contributed by atoms with Crippen LogP contribution < -0.4 is 16.2 Å². The molecule has 154 valence electrons. The van der Waals surface area contributed by atoms with Crippen molar-refractivity contribution < 1.29 is 9.59 Å².